The minimum Gasteiger partial charge on any atom is -0.553 e. The maximum Gasteiger partial charge on any atom is 0.0607 e. The maximum atomic E-state index is 5.01. The predicted molar refractivity (Wildman–Crippen MR) is 44.5 cm³/mol. The number of benzene rings is 1. The van der Waals surface area contributed by atoms with Crippen LogP contribution in [0.2, 0.25) is 0 Å². The number of hydrogen-bond acceptors (Lipinski definition) is 1. The van der Waals surface area contributed by atoms with E-state index in [9.17, 15) is 0 Å². The number of ether oxygens (including phenoxy) is 1. The Kier molecular flexibility index (Phi) is 3.25. The standard InChI is InChI=1S/C7H6IO.Rf/c1-9-7-5-3-2-4-6(7)8;/h2-3,5H,1H3;/q-1;. The van der Waals surface area contributed by atoms with Gasteiger partial charge in [0.05, 0.1) is 7.11 Å². The quantitative estimate of drug-likeness (QED) is 0.425. The van der Waals surface area contributed by atoms with Crippen LogP contribution in [0.15, 0.2) is 18.2 Å². The van der Waals surface area contributed by atoms with Crippen molar-refractivity contribution in [1.29, 1.82) is 0 Å². The predicted octanol–water partition coefficient (Wildman–Crippen LogP) is 2.10. The summed E-state index contributed by atoms with van der Waals surface area (Å²) in [6.07, 6.45) is 0. The molecule has 0 amide bonds. The first-order valence-corrected chi connectivity index (χ1v) is 3.62. The minimum absolute atomic E-state index is 0. The van der Waals surface area contributed by atoms with Crippen molar-refractivity contribution in [1.82, 2.24) is 0 Å². The summed E-state index contributed by atoms with van der Waals surface area (Å²) >= 11 is 2.18. The Balaban J connectivity index is 0.000000810. The molecule has 0 saturated carbocycles. The largest absolute Gasteiger partial charge is 0.553 e. The molecule has 0 aliphatic carbocycles. The van der Waals surface area contributed by atoms with Crippen LogP contribution < -0.4 is 4.74 Å². The van der Waals surface area contributed by atoms with Crippen LogP contribution in [-0.2, 0) is 0 Å². The van der Waals surface area contributed by atoms with Crippen LogP contribution >= 0.6 is 22.6 Å². The van der Waals surface area contributed by atoms with E-state index in [0.717, 1.165) is 9.32 Å². The van der Waals surface area contributed by atoms with Gasteiger partial charge >= 0.3 is 0 Å². The molecule has 0 N–H and O–H groups in total. The summed E-state index contributed by atoms with van der Waals surface area (Å²) < 4.78 is 6.03. The fourth-order valence-electron chi connectivity index (χ4n) is 0.559. The number of methoxy groups -OCH3 is 1. The third kappa shape index (κ3) is 1.62. The molecule has 1 rings (SSSR count). The van der Waals surface area contributed by atoms with Gasteiger partial charge in [0, 0.05) is 5.75 Å². The van der Waals surface area contributed by atoms with E-state index in [1.54, 1.807) is 7.11 Å². The van der Waals surface area contributed by atoms with E-state index in [0.29, 0.717) is 0 Å². The topological polar surface area (TPSA) is 9.23 Å². The first kappa shape index (κ1) is 8.75. The Morgan fingerprint density at radius 3 is 2.70 bits per heavy atom. The maximum absolute atomic E-state index is 5.01. The van der Waals surface area contributed by atoms with Crippen LogP contribution in [0.25, 0.3) is 0 Å². The minimum atomic E-state index is 0. The third-order valence-corrected chi connectivity index (χ3v) is 1.83. The molecule has 0 heterocycles. The first-order chi connectivity index (χ1) is 4.34. The zero-order valence-electron chi connectivity index (χ0n) is 5.73. The number of halogens is 1. The van der Waals surface area contributed by atoms with E-state index in [2.05, 4.69) is 28.7 Å². The van der Waals surface area contributed by atoms with Crippen molar-refractivity contribution in [3.63, 3.8) is 0 Å². The van der Waals surface area contributed by atoms with Crippen LogP contribution in [0.1, 0.15) is 0 Å². The van der Waals surface area contributed by atoms with Gasteiger partial charge in [0.25, 0.3) is 0 Å². The zero-order valence-corrected chi connectivity index (χ0v) is 14.3. The van der Waals surface area contributed by atoms with Crippen LogP contribution in [0.5, 0.6) is 5.75 Å². The van der Waals surface area contributed by atoms with E-state index in [1.807, 2.05) is 18.2 Å². The molecule has 3 heteroatoms. The fourth-order valence-corrected chi connectivity index (χ4v) is 1.14. The Morgan fingerprint density at radius 2 is 2.30 bits per heavy atom. The molecule has 1 aromatic rings. The van der Waals surface area contributed by atoms with Crippen molar-refractivity contribution < 1.29 is 4.74 Å². The molecule has 1 nitrogen and oxygen atoms in total. The van der Waals surface area contributed by atoms with Crippen LogP contribution in [0.3, 0.4) is 0 Å². The van der Waals surface area contributed by atoms with Crippen LogP contribution in [-0.4, -0.2) is 7.11 Å². The molecule has 0 aliphatic rings. The van der Waals surface area contributed by atoms with E-state index in [4.69, 9.17) is 4.74 Å². The summed E-state index contributed by atoms with van der Waals surface area (Å²) in [6, 6.07) is 8.70. The van der Waals surface area contributed by atoms with Crippen molar-refractivity contribution in [2.75, 3.05) is 7.11 Å². The number of hydrogen-bond donors (Lipinski definition) is 0. The molecule has 1 aromatic carbocycles. The molecule has 0 radical (unpaired) electrons. The molecule has 50 valence electrons. The Hall–Kier alpha value is -1.25. The SMILES string of the molecule is COc1ccc[c-]c1I.[Rf]. The van der Waals surface area contributed by atoms with Gasteiger partial charge in [-0.15, -0.1) is 6.07 Å². The third-order valence-electron chi connectivity index (χ3n) is 0.990. The summed E-state index contributed by atoms with van der Waals surface area (Å²) in [5.41, 5.74) is 0. The van der Waals surface area contributed by atoms with E-state index in [1.165, 1.54) is 0 Å². The van der Waals surface area contributed by atoms with Gasteiger partial charge in [0.1, 0.15) is 0 Å². The molecule has 0 aromatic heterocycles. The van der Waals surface area contributed by atoms with Gasteiger partial charge in [0.2, 0.25) is 0 Å². The van der Waals surface area contributed by atoms with Gasteiger partial charge in [-0.25, -0.2) is 0 Å². The van der Waals surface area contributed by atoms with Crippen molar-refractivity contribution in [3.05, 3.63) is 27.8 Å². The normalized spacial score (nSPS) is 8.20. The van der Waals surface area contributed by atoms with Crippen molar-refractivity contribution in [2.24, 2.45) is 0 Å². The van der Waals surface area contributed by atoms with Gasteiger partial charge in [-0.1, -0.05) is 26.2 Å². The Labute approximate surface area is 68.2 Å². The molecule has 0 spiro atoms. The van der Waals surface area contributed by atoms with Crippen LogP contribution in [0, 0.1) is 9.64 Å². The molecule has 0 aliphatic heterocycles. The molecule has 0 fully saturated rings. The van der Waals surface area contributed by atoms with Gasteiger partial charge in [-0.2, -0.15) is 18.2 Å². The second-order valence-corrected chi connectivity index (χ2v) is 2.63. The summed E-state index contributed by atoms with van der Waals surface area (Å²) in [4.78, 5) is 0. The Morgan fingerprint density at radius 1 is 1.60 bits per heavy atom. The zero-order chi connectivity index (χ0) is 6.69. The smallest absolute Gasteiger partial charge is 0.0607 e. The van der Waals surface area contributed by atoms with E-state index in [-0.39, 0.29) is 0 Å². The Bertz CT molecular complexity index is 203. The molecule has 0 unspecified atom stereocenters. The molecule has 0 atom stereocenters. The number of rotatable bonds is 1. The van der Waals surface area contributed by atoms with Gasteiger partial charge in [-0.05, 0) is 0 Å². The summed E-state index contributed by atoms with van der Waals surface area (Å²) in [6.45, 7) is 0. The monoisotopic (exact) mass is 500 g/mol. The average Bonchev–Trinajstić information content (AvgIpc) is 1.89. The molecular weight excluding hydrogens is 494 g/mol. The van der Waals surface area contributed by atoms with Crippen molar-refractivity contribution in [3.8, 4) is 5.75 Å². The van der Waals surface area contributed by atoms with Crippen molar-refractivity contribution in [2.45, 2.75) is 0 Å². The van der Waals surface area contributed by atoms with Gasteiger partial charge in [0.15, 0.2) is 0 Å². The second-order valence-electron chi connectivity index (χ2n) is 1.55. The molecule has 0 saturated heterocycles. The molecule has 10 heavy (non-hydrogen) atoms. The van der Waals surface area contributed by atoms with Crippen molar-refractivity contribution >= 4 is 22.6 Å². The summed E-state index contributed by atoms with van der Waals surface area (Å²) in [5.74, 6) is 0.887. The summed E-state index contributed by atoms with van der Waals surface area (Å²) in [7, 11) is 1.66. The van der Waals surface area contributed by atoms with E-state index >= 15 is 0 Å². The van der Waals surface area contributed by atoms with E-state index < -0.39 is 0 Å². The molecular formula is C7H6IORf-. The fraction of sp³-hybridized carbons (Fsp3) is 0.143. The average molecular weight is 500 g/mol. The van der Waals surface area contributed by atoms with Crippen LogP contribution in [0.4, 0.5) is 0 Å². The van der Waals surface area contributed by atoms with Gasteiger partial charge in [-0.3, -0.25) is 0 Å². The van der Waals surface area contributed by atoms with Gasteiger partial charge < -0.3 is 4.74 Å². The summed E-state index contributed by atoms with van der Waals surface area (Å²) in [5, 5.41) is 0. The second kappa shape index (κ2) is 3.71. The first-order valence-electron chi connectivity index (χ1n) is 2.55. The molecule has 0 bridgehead atoms.